The Labute approximate surface area is 96.1 Å². The number of alkyl carbamates (subject to hydrolysis) is 1. The Morgan fingerprint density at radius 3 is 2.53 bits per heavy atom. The van der Waals surface area contributed by atoms with E-state index in [-0.39, 0.29) is 0 Å². The van der Waals surface area contributed by atoms with E-state index in [1.165, 1.54) is 0 Å². The highest BCUT2D eigenvalue weighted by molar-refractivity contribution is 6.31. The zero-order valence-corrected chi connectivity index (χ0v) is 10.4. The molecule has 0 atom stereocenters. The molecule has 0 bridgehead atoms. The van der Waals surface area contributed by atoms with Crippen LogP contribution in [0.1, 0.15) is 27.7 Å². The normalized spacial score (nSPS) is 13.0. The van der Waals surface area contributed by atoms with Gasteiger partial charge in [-0.1, -0.05) is 23.8 Å². The molecule has 0 heterocycles. The number of nitrogens with one attached hydrogen (secondary N) is 1. The van der Waals surface area contributed by atoms with Gasteiger partial charge in [0.1, 0.15) is 5.60 Å². The van der Waals surface area contributed by atoms with Gasteiger partial charge in [0.05, 0.1) is 0 Å². The van der Waals surface area contributed by atoms with Gasteiger partial charge in [0.2, 0.25) is 0 Å². The lowest BCUT2D eigenvalue weighted by Gasteiger charge is -2.19. The summed E-state index contributed by atoms with van der Waals surface area (Å²) >= 11 is 5.72. The van der Waals surface area contributed by atoms with Gasteiger partial charge >= 0.3 is 6.09 Å². The van der Waals surface area contributed by atoms with Gasteiger partial charge in [-0.15, -0.1) is 0 Å². The predicted molar refractivity (Wildman–Crippen MR) is 63.0 cm³/mol. The minimum atomic E-state index is -0.464. The lowest BCUT2D eigenvalue weighted by molar-refractivity contribution is 0.0534. The molecule has 0 saturated heterocycles. The fraction of sp³-hybridized carbons (Fsp3) is 0.545. The van der Waals surface area contributed by atoms with E-state index in [1.807, 2.05) is 27.7 Å². The second-order valence-electron chi connectivity index (χ2n) is 3.96. The van der Waals surface area contributed by atoms with Crippen LogP contribution < -0.4 is 5.32 Å². The van der Waals surface area contributed by atoms with Crippen molar-refractivity contribution in [3.63, 3.8) is 0 Å². The lowest BCUT2D eigenvalue weighted by atomic mass is 10.2. The third kappa shape index (κ3) is 9.35. The van der Waals surface area contributed by atoms with Crippen LogP contribution in [-0.4, -0.2) is 18.2 Å². The molecule has 0 aliphatic rings. The van der Waals surface area contributed by atoms with Crippen LogP contribution in [0.3, 0.4) is 0 Å². The van der Waals surface area contributed by atoms with Crippen molar-refractivity contribution >= 4 is 17.7 Å². The number of carbonyl (C=O) groups excluding carboxylic acids is 1. The number of amides is 1. The van der Waals surface area contributed by atoms with Crippen LogP contribution in [0.4, 0.5) is 4.79 Å². The standard InChI is InChI=1S/C11H18ClNO2/c1-5-9(12)7-6-8-13-10(14)15-11(2,3)4/h5-7H,8H2,1-4H3,(H,13,14)/b7-6-,9-5+. The molecule has 0 rings (SSSR count). The van der Waals surface area contributed by atoms with Crippen LogP contribution >= 0.6 is 11.6 Å². The monoisotopic (exact) mass is 231 g/mol. The van der Waals surface area contributed by atoms with Gasteiger partial charge in [0.15, 0.2) is 0 Å². The van der Waals surface area contributed by atoms with Gasteiger partial charge in [0, 0.05) is 11.6 Å². The molecule has 0 aromatic rings. The highest BCUT2D eigenvalue weighted by Crippen LogP contribution is 2.06. The zero-order chi connectivity index (χ0) is 11.9. The van der Waals surface area contributed by atoms with E-state index in [0.717, 1.165) is 0 Å². The fourth-order valence-electron chi connectivity index (χ4n) is 0.724. The van der Waals surface area contributed by atoms with Gasteiger partial charge in [-0.3, -0.25) is 0 Å². The molecule has 15 heavy (non-hydrogen) atoms. The molecular weight excluding hydrogens is 214 g/mol. The minimum Gasteiger partial charge on any atom is -0.444 e. The summed E-state index contributed by atoms with van der Waals surface area (Å²) in [5.74, 6) is 0. The van der Waals surface area contributed by atoms with E-state index in [4.69, 9.17) is 16.3 Å². The zero-order valence-electron chi connectivity index (χ0n) is 9.63. The molecule has 86 valence electrons. The molecule has 4 heteroatoms. The van der Waals surface area contributed by atoms with Crippen molar-refractivity contribution in [3.8, 4) is 0 Å². The van der Waals surface area contributed by atoms with Gasteiger partial charge in [-0.05, 0) is 33.8 Å². The maximum absolute atomic E-state index is 11.2. The molecule has 0 fully saturated rings. The molecule has 0 saturated carbocycles. The third-order valence-electron chi connectivity index (χ3n) is 1.32. The number of halogens is 1. The van der Waals surface area contributed by atoms with E-state index in [1.54, 1.807) is 18.2 Å². The van der Waals surface area contributed by atoms with Crippen molar-refractivity contribution < 1.29 is 9.53 Å². The summed E-state index contributed by atoms with van der Waals surface area (Å²) in [6.07, 6.45) is 4.82. The summed E-state index contributed by atoms with van der Waals surface area (Å²) in [5, 5.41) is 3.22. The van der Waals surface area contributed by atoms with Crippen molar-refractivity contribution in [2.24, 2.45) is 0 Å². The summed E-state index contributed by atoms with van der Waals surface area (Å²) in [5.41, 5.74) is -0.464. The van der Waals surface area contributed by atoms with Gasteiger partial charge < -0.3 is 10.1 Å². The summed E-state index contributed by atoms with van der Waals surface area (Å²) < 4.78 is 5.04. The van der Waals surface area contributed by atoms with Gasteiger partial charge in [-0.2, -0.15) is 0 Å². The third-order valence-corrected chi connectivity index (χ3v) is 1.66. The van der Waals surface area contributed by atoms with Gasteiger partial charge in [-0.25, -0.2) is 4.79 Å². The summed E-state index contributed by atoms with van der Waals surface area (Å²) in [7, 11) is 0. The highest BCUT2D eigenvalue weighted by atomic mass is 35.5. The smallest absolute Gasteiger partial charge is 0.407 e. The number of rotatable bonds is 3. The lowest BCUT2D eigenvalue weighted by Crippen LogP contribution is -2.32. The Bertz CT molecular complexity index is 264. The second kappa shape index (κ2) is 6.51. The fourth-order valence-corrected chi connectivity index (χ4v) is 0.813. The number of ether oxygens (including phenoxy) is 1. The van der Waals surface area contributed by atoms with Crippen LogP contribution in [0.25, 0.3) is 0 Å². The van der Waals surface area contributed by atoms with Crippen molar-refractivity contribution in [3.05, 3.63) is 23.3 Å². The molecule has 3 nitrogen and oxygen atoms in total. The van der Waals surface area contributed by atoms with Crippen LogP contribution in [0.15, 0.2) is 23.3 Å². The summed E-state index contributed by atoms with van der Waals surface area (Å²) in [6, 6.07) is 0. The van der Waals surface area contributed by atoms with E-state index in [9.17, 15) is 4.79 Å². The van der Waals surface area contributed by atoms with E-state index >= 15 is 0 Å². The van der Waals surface area contributed by atoms with Crippen molar-refractivity contribution in [2.75, 3.05) is 6.54 Å². The molecule has 0 aromatic carbocycles. The second-order valence-corrected chi connectivity index (χ2v) is 4.40. The molecular formula is C11H18ClNO2. The number of hydrogen-bond donors (Lipinski definition) is 1. The van der Waals surface area contributed by atoms with E-state index in [2.05, 4.69) is 5.32 Å². The average molecular weight is 232 g/mol. The van der Waals surface area contributed by atoms with Crippen molar-refractivity contribution in [1.82, 2.24) is 5.32 Å². The quantitative estimate of drug-likeness (QED) is 0.758. The Morgan fingerprint density at radius 1 is 1.47 bits per heavy atom. The minimum absolute atomic E-state index is 0.402. The SMILES string of the molecule is C/C=C(Cl)\C=C/CNC(=O)OC(C)(C)C. The van der Waals surface area contributed by atoms with Crippen LogP contribution in [0, 0.1) is 0 Å². The maximum atomic E-state index is 11.2. The van der Waals surface area contributed by atoms with Gasteiger partial charge in [0.25, 0.3) is 0 Å². The largest absolute Gasteiger partial charge is 0.444 e. The Morgan fingerprint density at radius 2 is 2.07 bits per heavy atom. The molecule has 0 spiro atoms. The molecule has 0 radical (unpaired) electrons. The van der Waals surface area contributed by atoms with E-state index < -0.39 is 11.7 Å². The highest BCUT2D eigenvalue weighted by Gasteiger charge is 2.14. The Kier molecular flexibility index (Phi) is 6.09. The topological polar surface area (TPSA) is 38.3 Å². The van der Waals surface area contributed by atoms with Crippen LogP contribution in [0.5, 0.6) is 0 Å². The Hall–Kier alpha value is -0.960. The molecule has 0 aliphatic carbocycles. The van der Waals surface area contributed by atoms with Crippen molar-refractivity contribution in [2.45, 2.75) is 33.3 Å². The summed E-state index contributed by atoms with van der Waals surface area (Å²) in [4.78, 5) is 11.2. The van der Waals surface area contributed by atoms with Crippen LogP contribution in [0.2, 0.25) is 0 Å². The molecule has 1 N–H and O–H groups in total. The summed E-state index contributed by atoms with van der Waals surface area (Å²) in [6.45, 7) is 7.70. The first-order chi connectivity index (χ1) is 6.85. The predicted octanol–water partition coefficient (Wildman–Crippen LogP) is 3.21. The molecule has 0 aromatic heterocycles. The number of allylic oxidation sites excluding steroid dienone is 3. The maximum Gasteiger partial charge on any atom is 0.407 e. The first-order valence-corrected chi connectivity index (χ1v) is 5.18. The van der Waals surface area contributed by atoms with Crippen molar-refractivity contribution in [1.29, 1.82) is 0 Å². The average Bonchev–Trinajstić information content (AvgIpc) is 2.09. The number of hydrogen-bond acceptors (Lipinski definition) is 2. The first kappa shape index (κ1) is 14.0. The van der Waals surface area contributed by atoms with E-state index in [0.29, 0.717) is 11.6 Å². The molecule has 0 unspecified atom stereocenters. The van der Waals surface area contributed by atoms with Crippen LogP contribution in [-0.2, 0) is 4.74 Å². The molecule has 1 amide bonds. The Balaban J connectivity index is 3.79. The molecule has 0 aliphatic heterocycles. The first-order valence-electron chi connectivity index (χ1n) is 4.80. The number of carbonyl (C=O) groups is 1.